The van der Waals surface area contributed by atoms with Crippen LogP contribution in [0.1, 0.15) is 0 Å². The van der Waals surface area contributed by atoms with E-state index in [9.17, 15) is 30.0 Å². The van der Waals surface area contributed by atoms with E-state index in [1.807, 2.05) is 0 Å². The van der Waals surface area contributed by atoms with Crippen LogP contribution in [0.2, 0.25) is 0 Å². The lowest BCUT2D eigenvalue weighted by Crippen LogP contribution is -2.22. The molecule has 2 aromatic heterocycles. The zero-order valence-corrected chi connectivity index (χ0v) is 19.9. The van der Waals surface area contributed by atoms with Crippen LogP contribution >= 0.6 is 0 Å². The Hall–Kier alpha value is -3.94. The predicted molar refractivity (Wildman–Crippen MR) is 121 cm³/mol. The minimum Gasteiger partial charge on any atom is -0.475 e. The molecule has 0 aliphatic carbocycles. The quantitative estimate of drug-likeness (QED) is 0.216. The average Bonchev–Trinajstić information content (AvgIpc) is 3.49. The number of nitrogens with zero attached hydrogens (tertiary/aromatic N) is 4. The van der Waals surface area contributed by atoms with Gasteiger partial charge in [-0.15, -0.1) is 10.2 Å². The van der Waals surface area contributed by atoms with Gasteiger partial charge in [-0.1, -0.05) is 12.1 Å². The van der Waals surface area contributed by atoms with E-state index in [1.165, 1.54) is 12.1 Å². The van der Waals surface area contributed by atoms with Gasteiger partial charge in [-0.05, 0) is 34.5 Å². The molecule has 0 atom stereocenters. The van der Waals surface area contributed by atoms with E-state index < -0.39 is 47.5 Å². The second kappa shape index (κ2) is 10.2. The van der Waals surface area contributed by atoms with Crippen molar-refractivity contribution in [2.45, 2.75) is 16.0 Å². The minimum absolute atomic E-state index is 0.0767. The number of nitrogens with two attached hydrogens (primary N) is 2. The highest BCUT2D eigenvalue weighted by Gasteiger charge is 2.38. The molecule has 0 saturated carbocycles. The van der Waals surface area contributed by atoms with Crippen LogP contribution in [0.15, 0.2) is 46.3 Å². The fraction of sp³-hybridized carbons (Fsp3) is 0.167. The van der Waals surface area contributed by atoms with Crippen molar-refractivity contribution in [2.75, 3.05) is 12.3 Å². The van der Waals surface area contributed by atoms with Gasteiger partial charge in [0.05, 0.1) is 27.9 Å². The number of aromatic nitrogens is 6. The van der Waals surface area contributed by atoms with E-state index in [0.717, 1.165) is 10.9 Å². The van der Waals surface area contributed by atoms with Gasteiger partial charge in [0, 0.05) is 11.9 Å². The van der Waals surface area contributed by atoms with E-state index in [2.05, 4.69) is 30.8 Å². The number of nitrogens with one attached hydrogen (secondary N) is 2. The molecule has 0 radical (unpaired) electrons. The molecule has 19 heteroatoms. The zero-order chi connectivity index (χ0) is 27.6. The number of halogens is 3. The first kappa shape index (κ1) is 27.6. The number of hydrogen-bond acceptors (Lipinski definition) is 10. The van der Waals surface area contributed by atoms with Crippen molar-refractivity contribution in [2.24, 2.45) is 10.9 Å². The summed E-state index contributed by atoms with van der Waals surface area (Å²) in [6, 6.07) is 7.92. The number of benzene rings is 2. The highest BCUT2D eigenvalue weighted by molar-refractivity contribution is 7.93. The van der Waals surface area contributed by atoms with Crippen LogP contribution in [-0.4, -0.2) is 77.2 Å². The van der Waals surface area contributed by atoms with Gasteiger partial charge in [-0.2, -0.15) is 23.5 Å². The molecule has 0 aliphatic rings. The molecule has 0 spiro atoms. The summed E-state index contributed by atoms with van der Waals surface area (Å²) >= 11 is 0. The highest BCUT2D eigenvalue weighted by Crippen LogP contribution is 2.39. The Morgan fingerprint density at radius 1 is 1.11 bits per heavy atom. The van der Waals surface area contributed by atoms with E-state index in [4.69, 9.17) is 20.8 Å². The number of carboxylic acids is 1. The lowest BCUT2D eigenvalue weighted by Gasteiger charge is -2.16. The summed E-state index contributed by atoms with van der Waals surface area (Å²) in [6.07, 6.45) is -3.48. The van der Waals surface area contributed by atoms with Crippen molar-refractivity contribution in [3.05, 3.63) is 36.5 Å². The zero-order valence-electron chi connectivity index (χ0n) is 18.3. The molecule has 0 bridgehead atoms. The van der Waals surface area contributed by atoms with Gasteiger partial charge in [0.1, 0.15) is 4.90 Å². The lowest BCUT2D eigenvalue weighted by atomic mass is 9.98. The van der Waals surface area contributed by atoms with Crippen LogP contribution in [0.3, 0.4) is 0 Å². The van der Waals surface area contributed by atoms with Crippen molar-refractivity contribution >= 4 is 36.7 Å². The smallest absolute Gasteiger partial charge is 0.475 e. The Morgan fingerprint density at radius 3 is 2.32 bits per heavy atom. The van der Waals surface area contributed by atoms with Gasteiger partial charge in [0.15, 0.2) is 9.84 Å². The number of sulfone groups is 1. The van der Waals surface area contributed by atoms with Crippen LogP contribution in [-0.2, 0) is 24.7 Å². The Bertz CT molecular complexity index is 1650. The first-order valence-electron chi connectivity index (χ1n) is 9.77. The van der Waals surface area contributed by atoms with Crippen molar-refractivity contribution in [1.82, 2.24) is 30.8 Å². The number of H-pyrrole nitrogens is 2. The highest BCUT2D eigenvalue weighted by atomic mass is 32.2. The number of fused-ring (bicyclic) bond motifs is 1. The molecule has 4 rings (SSSR count). The molecule has 0 fully saturated rings. The number of rotatable bonds is 6. The topological polar surface area (TPSA) is 241 Å². The molecule has 2 heterocycles. The van der Waals surface area contributed by atoms with E-state index >= 15 is 0 Å². The number of sulfonamides is 1. The monoisotopic (exact) mass is 562 g/mol. The SMILES string of the molecule is NCCS(=O)(=O)c1ccc(-c2ccc3[nH]ncc3c2)c(-c2nn[nH]n2)c1S(N)(=O)=O.O=C(O)C(F)(F)F. The van der Waals surface area contributed by atoms with Crippen molar-refractivity contribution in [1.29, 1.82) is 0 Å². The van der Waals surface area contributed by atoms with Crippen molar-refractivity contribution < 1.29 is 39.9 Å². The number of hydrogen-bond donors (Lipinski definition) is 5. The Morgan fingerprint density at radius 2 is 1.78 bits per heavy atom. The predicted octanol–water partition coefficient (Wildman–Crippen LogP) is 0.423. The van der Waals surface area contributed by atoms with Crippen LogP contribution in [0.4, 0.5) is 13.2 Å². The summed E-state index contributed by atoms with van der Waals surface area (Å²) in [5, 5.41) is 33.6. The maximum atomic E-state index is 12.7. The average molecular weight is 563 g/mol. The van der Waals surface area contributed by atoms with Gasteiger partial charge < -0.3 is 10.8 Å². The van der Waals surface area contributed by atoms with E-state index in [1.54, 1.807) is 24.4 Å². The molecule has 198 valence electrons. The largest absolute Gasteiger partial charge is 0.490 e. The Balaban J connectivity index is 0.000000479. The molecule has 14 nitrogen and oxygen atoms in total. The van der Waals surface area contributed by atoms with Gasteiger partial charge in [-0.25, -0.2) is 26.8 Å². The summed E-state index contributed by atoms with van der Waals surface area (Å²) in [7, 11) is -8.56. The maximum absolute atomic E-state index is 12.7. The summed E-state index contributed by atoms with van der Waals surface area (Å²) in [5.74, 6) is -3.33. The molecule has 0 aliphatic heterocycles. The summed E-state index contributed by atoms with van der Waals surface area (Å²) < 4.78 is 82.3. The fourth-order valence-corrected chi connectivity index (χ4v) is 5.95. The van der Waals surface area contributed by atoms with E-state index in [-0.39, 0.29) is 17.9 Å². The maximum Gasteiger partial charge on any atom is 0.490 e. The number of tetrazole rings is 1. The molecule has 4 aromatic rings. The van der Waals surface area contributed by atoms with Gasteiger partial charge >= 0.3 is 12.1 Å². The number of primary sulfonamides is 1. The summed E-state index contributed by atoms with van der Waals surface area (Å²) in [5.41, 5.74) is 7.03. The van der Waals surface area contributed by atoms with E-state index in [0.29, 0.717) is 11.1 Å². The lowest BCUT2D eigenvalue weighted by molar-refractivity contribution is -0.192. The first-order valence-corrected chi connectivity index (χ1v) is 13.0. The van der Waals surface area contributed by atoms with Crippen LogP contribution < -0.4 is 10.9 Å². The molecular formula is C18H17F3N8O6S2. The number of carbonyl (C=O) groups is 1. The number of alkyl halides is 3. The summed E-state index contributed by atoms with van der Waals surface area (Å²) in [6.45, 7) is -0.192. The van der Waals surface area contributed by atoms with Gasteiger partial charge in [0.2, 0.25) is 15.8 Å². The first-order chi connectivity index (χ1) is 17.2. The van der Waals surface area contributed by atoms with Crippen LogP contribution in [0.25, 0.3) is 33.4 Å². The Kier molecular flexibility index (Phi) is 7.62. The van der Waals surface area contributed by atoms with Crippen LogP contribution in [0, 0.1) is 0 Å². The number of carboxylic acid groups (broad SMARTS) is 1. The number of aliphatic carboxylic acids is 1. The fourth-order valence-electron chi connectivity index (χ4n) is 3.20. The second-order valence-electron chi connectivity index (χ2n) is 7.18. The third-order valence-electron chi connectivity index (χ3n) is 4.69. The van der Waals surface area contributed by atoms with Crippen LogP contribution in [0.5, 0.6) is 0 Å². The van der Waals surface area contributed by atoms with Crippen molar-refractivity contribution in [3.63, 3.8) is 0 Å². The van der Waals surface area contributed by atoms with Gasteiger partial charge in [0.25, 0.3) is 0 Å². The molecule has 37 heavy (non-hydrogen) atoms. The molecule has 7 N–H and O–H groups in total. The molecule has 0 amide bonds. The number of aromatic amines is 2. The standard InChI is InChI=1S/C16H16N8O4S2.C2HF3O2/c17-5-6-29(25,26)13-4-2-11(9-1-3-12-10(7-9)8-19-20-12)14(15(13)30(18,27)28)16-21-23-24-22-16;3-2(4,5)1(6)7/h1-4,7-8H,5-6,17H2,(H,19,20)(H2,18,27,28)(H,21,22,23,24);(H,6,7). The normalized spacial score (nSPS) is 12.2. The Labute approximate surface area is 205 Å². The molecule has 0 unspecified atom stereocenters. The third-order valence-corrected chi connectivity index (χ3v) is 7.60. The van der Waals surface area contributed by atoms with Gasteiger partial charge in [-0.3, -0.25) is 5.10 Å². The molecular weight excluding hydrogens is 545 g/mol. The minimum atomic E-state index is -5.08. The summed E-state index contributed by atoms with van der Waals surface area (Å²) in [4.78, 5) is 7.82. The molecule has 0 saturated heterocycles. The molecule has 2 aromatic carbocycles. The van der Waals surface area contributed by atoms with Crippen molar-refractivity contribution in [3.8, 4) is 22.5 Å². The second-order valence-corrected chi connectivity index (χ2v) is 10.8. The third kappa shape index (κ3) is 6.07.